The first-order valence-corrected chi connectivity index (χ1v) is 8.91. The van der Waals surface area contributed by atoms with Crippen LogP contribution in [0.15, 0.2) is 58.0 Å². The van der Waals surface area contributed by atoms with Crippen molar-refractivity contribution in [2.24, 2.45) is 4.99 Å². The lowest BCUT2D eigenvalue weighted by atomic mass is 10.2. The average molecular weight is 393 g/mol. The molecule has 0 aromatic heterocycles. The van der Waals surface area contributed by atoms with Crippen molar-refractivity contribution in [1.29, 1.82) is 0 Å². The number of amides is 1. The standard InChI is InChI=1S/C17H14BrFN2OS/c18-15-7-2-1-6-14(15)16(22)21-9-8-20-17(21)23-11-12-4-3-5-13(19)10-12/h1-7,10H,8-9,11H2. The van der Waals surface area contributed by atoms with Gasteiger partial charge < -0.3 is 0 Å². The van der Waals surface area contributed by atoms with E-state index in [9.17, 15) is 9.18 Å². The van der Waals surface area contributed by atoms with Crippen molar-refractivity contribution in [2.75, 3.05) is 13.1 Å². The van der Waals surface area contributed by atoms with E-state index in [2.05, 4.69) is 20.9 Å². The van der Waals surface area contributed by atoms with Gasteiger partial charge in [-0.15, -0.1) is 0 Å². The number of halogens is 2. The van der Waals surface area contributed by atoms with Gasteiger partial charge in [-0.25, -0.2) is 4.39 Å². The Kier molecular flexibility index (Phi) is 5.13. The second-order valence-electron chi connectivity index (χ2n) is 5.02. The van der Waals surface area contributed by atoms with E-state index in [0.717, 1.165) is 10.0 Å². The molecule has 6 heteroatoms. The minimum absolute atomic E-state index is 0.0690. The molecular formula is C17H14BrFN2OS. The summed E-state index contributed by atoms with van der Waals surface area (Å²) in [5, 5.41) is 0.690. The van der Waals surface area contributed by atoms with Crippen molar-refractivity contribution in [3.05, 3.63) is 69.9 Å². The summed E-state index contributed by atoms with van der Waals surface area (Å²) in [4.78, 5) is 18.8. The van der Waals surface area contributed by atoms with E-state index in [4.69, 9.17) is 0 Å². The minimum Gasteiger partial charge on any atom is -0.286 e. The van der Waals surface area contributed by atoms with Crippen LogP contribution in [0, 0.1) is 5.82 Å². The summed E-state index contributed by atoms with van der Waals surface area (Å²) in [6.45, 7) is 1.17. The van der Waals surface area contributed by atoms with Gasteiger partial charge in [-0.2, -0.15) is 0 Å². The van der Waals surface area contributed by atoms with Gasteiger partial charge in [-0.1, -0.05) is 36.0 Å². The third-order valence-corrected chi connectivity index (χ3v) is 5.18. The number of thioether (sulfide) groups is 1. The van der Waals surface area contributed by atoms with Crippen LogP contribution in [0.5, 0.6) is 0 Å². The van der Waals surface area contributed by atoms with Gasteiger partial charge in [0.1, 0.15) is 5.82 Å². The van der Waals surface area contributed by atoms with E-state index in [-0.39, 0.29) is 11.7 Å². The van der Waals surface area contributed by atoms with Crippen molar-refractivity contribution in [1.82, 2.24) is 4.90 Å². The lowest BCUT2D eigenvalue weighted by Crippen LogP contribution is -2.33. The fourth-order valence-corrected chi connectivity index (χ4v) is 3.74. The van der Waals surface area contributed by atoms with Crippen LogP contribution in [0.25, 0.3) is 0 Å². The highest BCUT2D eigenvalue weighted by atomic mass is 79.9. The van der Waals surface area contributed by atoms with E-state index in [1.807, 2.05) is 24.3 Å². The predicted octanol–water partition coefficient (Wildman–Crippen LogP) is 4.33. The second-order valence-corrected chi connectivity index (χ2v) is 6.82. The highest BCUT2D eigenvalue weighted by molar-refractivity contribution is 9.10. The zero-order chi connectivity index (χ0) is 16.2. The fraction of sp³-hybridized carbons (Fsp3) is 0.176. The number of benzene rings is 2. The Morgan fingerprint density at radius 1 is 1.26 bits per heavy atom. The molecule has 3 rings (SSSR count). The number of carbonyl (C=O) groups excluding carboxylic acids is 1. The van der Waals surface area contributed by atoms with Crippen LogP contribution in [-0.4, -0.2) is 29.1 Å². The molecule has 0 fully saturated rings. The average Bonchev–Trinajstić information content (AvgIpc) is 3.01. The predicted molar refractivity (Wildman–Crippen MR) is 95.2 cm³/mol. The van der Waals surface area contributed by atoms with E-state index in [1.165, 1.54) is 23.9 Å². The molecular weight excluding hydrogens is 379 g/mol. The molecule has 0 N–H and O–H groups in total. The fourth-order valence-electron chi connectivity index (χ4n) is 2.29. The Morgan fingerprint density at radius 3 is 2.87 bits per heavy atom. The van der Waals surface area contributed by atoms with Crippen LogP contribution in [0.1, 0.15) is 15.9 Å². The summed E-state index contributed by atoms with van der Waals surface area (Å²) in [6.07, 6.45) is 0. The van der Waals surface area contributed by atoms with Crippen molar-refractivity contribution in [2.45, 2.75) is 5.75 Å². The molecule has 0 atom stereocenters. The molecule has 23 heavy (non-hydrogen) atoms. The normalized spacial score (nSPS) is 14.0. The molecule has 0 unspecified atom stereocenters. The molecule has 118 valence electrons. The summed E-state index contributed by atoms with van der Waals surface area (Å²) in [7, 11) is 0. The molecule has 3 nitrogen and oxygen atoms in total. The lowest BCUT2D eigenvalue weighted by molar-refractivity contribution is 0.0860. The molecule has 1 amide bonds. The number of rotatable bonds is 3. The first kappa shape index (κ1) is 16.2. The zero-order valence-electron chi connectivity index (χ0n) is 12.2. The van der Waals surface area contributed by atoms with Gasteiger partial charge >= 0.3 is 0 Å². The van der Waals surface area contributed by atoms with Crippen LogP contribution >= 0.6 is 27.7 Å². The number of amidine groups is 1. The summed E-state index contributed by atoms with van der Waals surface area (Å²) in [5.74, 6) is 0.258. The third-order valence-electron chi connectivity index (χ3n) is 3.41. The summed E-state index contributed by atoms with van der Waals surface area (Å²) >= 11 is 4.87. The van der Waals surface area contributed by atoms with Crippen LogP contribution < -0.4 is 0 Å². The Hall–Kier alpha value is -1.66. The molecule has 1 aliphatic rings. The SMILES string of the molecule is O=C(c1ccccc1Br)N1CCN=C1SCc1cccc(F)c1. The van der Waals surface area contributed by atoms with Gasteiger partial charge in [0.05, 0.1) is 12.1 Å². The van der Waals surface area contributed by atoms with E-state index in [1.54, 1.807) is 17.0 Å². The van der Waals surface area contributed by atoms with Crippen molar-refractivity contribution in [3.63, 3.8) is 0 Å². The second kappa shape index (κ2) is 7.27. The van der Waals surface area contributed by atoms with Gasteiger partial charge in [0.15, 0.2) is 5.17 Å². The number of hydrogen-bond donors (Lipinski definition) is 0. The van der Waals surface area contributed by atoms with E-state index >= 15 is 0 Å². The largest absolute Gasteiger partial charge is 0.286 e. The maximum Gasteiger partial charge on any atom is 0.261 e. The van der Waals surface area contributed by atoms with Crippen LogP contribution in [0.3, 0.4) is 0 Å². The first-order chi connectivity index (χ1) is 11.1. The highest BCUT2D eigenvalue weighted by Gasteiger charge is 2.26. The Morgan fingerprint density at radius 2 is 2.09 bits per heavy atom. The molecule has 2 aromatic rings. The van der Waals surface area contributed by atoms with Gasteiger partial charge in [-0.05, 0) is 45.8 Å². The highest BCUT2D eigenvalue weighted by Crippen LogP contribution is 2.24. The third kappa shape index (κ3) is 3.82. The van der Waals surface area contributed by atoms with Gasteiger partial charge in [-0.3, -0.25) is 14.7 Å². The zero-order valence-corrected chi connectivity index (χ0v) is 14.6. The summed E-state index contributed by atoms with van der Waals surface area (Å²) < 4.78 is 14.0. The van der Waals surface area contributed by atoms with Gasteiger partial charge in [0, 0.05) is 16.8 Å². The maximum absolute atomic E-state index is 13.2. The topological polar surface area (TPSA) is 32.7 Å². The molecule has 0 aliphatic carbocycles. The van der Waals surface area contributed by atoms with Crippen molar-refractivity contribution >= 4 is 38.8 Å². The monoisotopic (exact) mass is 392 g/mol. The molecule has 0 saturated heterocycles. The maximum atomic E-state index is 13.2. The van der Waals surface area contributed by atoms with Gasteiger partial charge in [0.2, 0.25) is 0 Å². The number of aliphatic imine (C=N–C) groups is 1. The van der Waals surface area contributed by atoms with Crippen LogP contribution in [0.2, 0.25) is 0 Å². The Balaban J connectivity index is 1.70. The molecule has 0 spiro atoms. The number of nitrogens with zero attached hydrogens (tertiary/aromatic N) is 2. The first-order valence-electron chi connectivity index (χ1n) is 7.13. The van der Waals surface area contributed by atoms with Crippen molar-refractivity contribution in [3.8, 4) is 0 Å². The number of carbonyl (C=O) groups is 1. The summed E-state index contributed by atoms with van der Waals surface area (Å²) in [6, 6.07) is 13.8. The van der Waals surface area contributed by atoms with E-state index in [0.29, 0.717) is 29.6 Å². The minimum atomic E-state index is -0.252. The molecule has 0 saturated carbocycles. The van der Waals surface area contributed by atoms with E-state index < -0.39 is 0 Å². The Labute approximate surface area is 146 Å². The van der Waals surface area contributed by atoms with Crippen LogP contribution in [-0.2, 0) is 5.75 Å². The van der Waals surface area contributed by atoms with Gasteiger partial charge in [0.25, 0.3) is 5.91 Å². The Bertz CT molecular complexity index is 766. The van der Waals surface area contributed by atoms with Crippen molar-refractivity contribution < 1.29 is 9.18 Å². The molecule has 1 heterocycles. The molecule has 0 radical (unpaired) electrons. The van der Waals surface area contributed by atoms with Crippen LogP contribution in [0.4, 0.5) is 4.39 Å². The smallest absolute Gasteiger partial charge is 0.261 e. The summed E-state index contributed by atoms with van der Waals surface area (Å²) in [5.41, 5.74) is 1.49. The molecule has 2 aromatic carbocycles. The number of hydrogen-bond acceptors (Lipinski definition) is 3. The lowest BCUT2D eigenvalue weighted by Gasteiger charge is -2.18. The quantitative estimate of drug-likeness (QED) is 0.778. The molecule has 0 bridgehead atoms. The molecule has 1 aliphatic heterocycles.